The van der Waals surface area contributed by atoms with Crippen LogP contribution in [0.4, 0.5) is 0 Å². The molecule has 1 aromatic carbocycles. The molecular weight excluding hydrogens is 278 g/mol. The molecule has 0 unspecified atom stereocenters. The predicted octanol–water partition coefficient (Wildman–Crippen LogP) is 5.55. The zero-order valence-electron chi connectivity index (χ0n) is 14.1. The van der Waals surface area contributed by atoms with Gasteiger partial charge in [-0.2, -0.15) is 0 Å². The lowest BCUT2D eigenvalue weighted by molar-refractivity contribution is 0.449. The largest absolute Gasteiger partial charge is 0.543 e. The van der Waals surface area contributed by atoms with Gasteiger partial charge in [-0.15, -0.1) is 0 Å². The quantitative estimate of drug-likeness (QED) is 0.697. The van der Waals surface area contributed by atoms with Gasteiger partial charge in [-0.3, -0.25) is 0 Å². The molecule has 3 nitrogen and oxygen atoms in total. The third kappa shape index (κ3) is 3.05. The Hall–Kier alpha value is -1.55. The second-order valence-electron chi connectivity index (χ2n) is 7.02. The molecule has 0 radical (unpaired) electrons. The van der Waals surface area contributed by atoms with Gasteiger partial charge in [-0.25, -0.2) is 0 Å². The number of benzene rings is 1. The van der Waals surface area contributed by atoms with Crippen molar-refractivity contribution in [3.8, 4) is 5.75 Å². The summed E-state index contributed by atoms with van der Waals surface area (Å²) < 4.78 is 11.9. The van der Waals surface area contributed by atoms with Crippen molar-refractivity contribution in [2.75, 3.05) is 0 Å². The molecule has 0 fully saturated rings. The fraction of sp³-hybridized carbons (Fsp3) is 0.471. The summed E-state index contributed by atoms with van der Waals surface area (Å²) in [4.78, 5) is 0. The summed E-state index contributed by atoms with van der Waals surface area (Å²) >= 11 is 0. The Morgan fingerprint density at radius 3 is 2.48 bits per heavy atom. The molecule has 0 bridgehead atoms. The van der Waals surface area contributed by atoms with Crippen LogP contribution in [0.5, 0.6) is 5.75 Å². The third-order valence-corrected chi connectivity index (χ3v) is 8.64. The highest BCUT2D eigenvalue weighted by molar-refractivity contribution is 6.74. The van der Waals surface area contributed by atoms with E-state index in [0.717, 1.165) is 28.0 Å². The van der Waals surface area contributed by atoms with E-state index in [1.165, 1.54) is 0 Å². The Bertz CT molecular complexity index is 678. The van der Waals surface area contributed by atoms with Crippen LogP contribution in [0.2, 0.25) is 18.1 Å². The number of hydrogen-bond acceptors (Lipinski definition) is 3. The van der Waals surface area contributed by atoms with Gasteiger partial charge in [0.15, 0.2) is 5.58 Å². The van der Waals surface area contributed by atoms with Crippen molar-refractivity contribution in [1.82, 2.24) is 5.16 Å². The predicted molar refractivity (Wildman–Crippen MR) is 91.3 cm³/mol. The zero-order valence-corrected chi connectivity index (χ0v) is 15.1. The Kier molecular flexibility index (Phi) is 4.02. The van der Waals surface area contributed by atoms with Crippen LogP contribution >= 0.6 is 0 Å². The highest BCUT2D eigenvalue weighted by Crippen LogP contribution is 2.38. The van der Waals surface area contributed by atoms with Gasteiger partial charge >= 0.3 is 0 Å². The SMILES string of the molecule is CC=Cc1cc(O[Si](C)(C)C(C)(C)C)cc2c(C)noc12. The fourth-order valence-electron chi connectivity index (χ4n) is 1.97. The molecule has 0 aliphatic rings. The Morgan fingerprint density at radius 1 is 1.24 bits per heavy atom. The number of aromatic nitrogens is 1. The van der Waals surface area contributed by atoms with Gasteiger partial charge in [-0.05, 0) is 44.1 Å². The van der Waals surface area contributed by atoms with Crippen LogP contribution in [0.3, 0.4) is 0 Å². The van der Waals surface area contributed by atoms with E-state index in [1.54, 1.807) is 0 Å². The Balaban J connectivity index is 2.53. The molecule has 0 saturated heterocycles. The second kappa shape index (κ2) is 5.33. The zero-order chi connectivity index (χ0) is 15.8. The van der Waals surface area contributed by atoms with Crippen LogP contribution in [-0.2, 0) is 0 Å². The van der Waals surface area contributed by atoms with Gasteiger partial charge in [0.05, 0.1) is 5.69 Å². The number of hydrogen-bond donors (Lipinski definition) is 0. The molecule has 0 aliphatic heterocycles. The summed E-state index contributed by atoms with van der Waals surface area (Å²) in [5, 5.41) is 5.27. The Morgan fingerprint density at radius 2 is 1.90 bits per heavy atom. The first kappa shape index (κ1) is 15.8. The standard InChI is InChI=1S/C17H25NO2Si/c1-8-9-13-10-14(20-21(6,7)17(3,4)5)11-15-12(2)18-19-16(13)15/h8-11H,1-7H3. The monoisotopic (exact) mass is 303 g/mol. The lowest BCUT2D eigenvalue weighted by Crippen LogP contribution is -2.43. The normalized spacial score (nSPS) is 13.3. The first-order valence-corrected chi connectivity index (χ1v) is 10.3. The molecule has 0 amide bonds. The van der Waals surface area contributed by atoms with Crippen molar-refractivity contribution in [2.45, 2.75) is 52.8 Å². The van der Waals surface area contributed by atoms with Crippen LogP contribution in [-0.4, -0.2) is 13.5 Å². The van der Waals surface area contributed by atoms with Crippen LogP contribution in [0.25, 0.3) is 17.0 Å². The molecule has 4 heteroatoms. The van der Waals surface area contributed by atoms with E-state index in [9.17, 15) is 0 Å². The van der Waals surface area contributed by atoms with Gasteiger partial charge in [-0.1, -0.05) is 38.1 Å². The van der Waals surface area contributed by atoms with Crippen molar-refractivity contribution < 1.29 is 8.95 Å². The van der Waals surface area contributed by atoms with Crippen molar-refractivity contribution >= 4 is 25.4 Å². The second-order valence-corrected chi connectivity index (χ2v) is 11.7. The maximum Gasteiger partial charge on any atom is 0.250 e. The molecule has 0 N–H and O–H groups in total. The lowest BCUT2D eigenvalue weighted by atomic mass is 10.1. The highest BCUT2D eigenvalue weighted by atomic mass is 28.4. The molecule has 2 rings (SSSR count). The van der Waals surface area contributed by atoms with E-state index in [0.29, 0.717) is 0 Å². The van der Waals surface area contributed by atoms with Crippen molar-refractivity contribution in [3.63, 3.8) is 0 Å². The molecule has 0 aliphatic carbocycles. The van der Waals surface area contributed by atoms with Gasteiger partial charge < -0.3 is 8.95 Å². The van der Waals surface area contributed by atoms with Crippen LogP contribution < -0.4 is 4.43 Å². The van der Waals surface area contributed by atoms with Gasteiger partial charge in [0, 0.05) is 10.9 Å². The van der Waals surface area contributed by atoms with Crippen LogP contribution in [0, 0.1) is 6.92 Å². The number of fused-ring (bicyclic) bond motifs is 1. The molecule has 114 valence electrons. The van der Waals surface area contributed by atoms with Gasteiger partial charge in [0.1, 0.15) is 5.75 Å². The maximum atomic E-state index is 6.42. The van der Waals surface area contributed by atoms with Gasteiger partial charge in [0.25, 0.3) is 0 Å². The fourth-order valence-corrected chi connectivity index (χ4v) is 2.98. The van der Waals surface area contributed by atoms with E-state index >= 15 is 0 Å². The number of aryl methyl sites for hydroxylation is 1. The molecule has 1 aromatic heterocycles. The topological polar surface area (TPSA) is 35.3 Å². The lowest BCUT2D eigenvalue weighted by Gasteiger charge is -2.36. The van der Waals surface area contributed by atoms with E-state index < -0.39 is 8.32 Å². The van der Waals surface area contributed by atoms with Crippen LogP contribution in [0.15, 0.2) is 22.7 Å². The molecule has 2 aromatic rings. The maximum absolute atomic E-state index is 6.42. The average Bonchev–Trinajstić information content (AvgIpc) is 2.70. The van der Waals surface area contributed by atoms with Gasteiger partial charge in [0.2, 0.25) is 8.32 Å². The minimum absolute atomic E-state index is 0.173. The summed E-state index contributed by atoms with van der Waals surface area (Å²) in [6, 6.07) is 4.10. The molecular formula is C17H25NO2Si. The van der Waals surface area contributed by atoms with E-state index in [4.69, 9.17) is 8.95 Å². The number of allylic oxidation sites excluding steroid dienone is 1. The minimum Gasteiger partial charge on any atom is -0.543 e. The molecule has 21 heavy (non-hydrogen) atoms. The number of nitrogens with zero attached hydrogens (tertiary/aromatic N) is 1. The molecule has 0 spiro atoms. The summed E-state index contributed by atoms with van der Waals surface area (Å²) in [6.45, 7) is 15.2. The first-order chi connectivity index (χ1) is 9.65. The van der Waals surface area contributed by atoms with Crippen molar-refractivity contribution in [1.29, 1.82) is 0 Å². The summed E-state index contributed by atoms with van der Waals surface area (Å²) in [6.07, 6.45) is 4.04. The summed E-state index contributed by atoms with van der Waals surface area (Å²) in [5.41, 5.74) is 2.74. The summed E-state index contributed by atoms with van der Waals surface area (Å²) in [5.74, 6) is 0.911. The average molecular weight is 303 g/mol. The highest BCUT2D eigenvalue weighted by Gasteiger charge is 2.39. The molecule has 0 saturated carbocycles. The smallest absolute Gasteiger partial charge is 0.250 e. The van der Waals surface area contributed by atoms with Crippen LogP contribution in [0.1, 0.15) is 39.0 Å². The van der Waals surface area contributed by atoms with E-state index in [-0.39, 0.29) is 5.04 Å². The van der Waals surface area contributed by atoms with Crippen molar-refractivity contribution in [2.24, 2.45) is 0 Å². The summed E-state index contributed by atoms with van der Waals surface area (Å²) in [7, 11) is -1.85. The first-order valence-electron chi connectivity index (χ1n) is 7.37. The van der Waals surface area contributed by atoms with E-state index in [2.05, 4.69) is 45.1 Å². The Labute approximate surface area is 128 Å². The third-order valence-electron chi connectivity index (χ3n) is 4.28. The molecule has 0 atom stereocenters. The van der Waals surface area contributed by atoms with Crippen molar-refractivity contribution in [3.05, 3.63) is 29.5 Å². The molecule has 1 heterocycles. The number of rotatable bonds is 3. The van der Waals surface area contributed by atoms with E-state index in [1.807, 2.05) is 32.1 Å². The minimum atomic E-state index is -1.85.